The maximum Gasteiger partial charge on any atom is 0.379 e. The predicted molar refractivity (Wildman–Crippen MR) is 69.0 cm³/mol. The normalized spacial score (nSPS) is 10.9. The van der Waals surface area contributed by atoms with Gasteiger partial charge in [0.2, 0.25) is 0 Å². The van der Waals surface area contributed by atoms with Gasteiger partial charge in [0.25, 0.3) is 5.78 Å². The summed E-state index contributed by atoms with van der Waals surface area (Å²) in [4.78, 5) is 25.6. The molecule has 92 valence electrons. The van der Waals surface area contributed by atoms with E-state index >= 15 is 0 Å². The minimum absolute atomic E-state index is 0.200. The molecule has 0 radical (unpaired) electrons. The van der Waals surface area contributed by atoms with E-state index in [-0.39, 0.29) is 6.61 Å². The lowest BCUT2D eigenvalue weighted by Crippen LogP contribution is -2.14. The first-order chi connectivity index (χ1) is 8.72. The van der Waals surface area contributed by atoms with Crippen LogP contribution in [0.2, 0.25) is 0 Å². The number of aromatic amines is 1. The van der Waals surface area contributed by atoms with E-state index in [0.29, 0.717) is 0 Å². The summed E-state index contributed by atoms with van der Waals surface area (Å²) in [5.74, 6) is -1.48. The van der Waals surface area contributed by atoms with Crippen LogP contribution in [0.1, 0.15) is 12.5 Å². The number of aromatic nitrogens is 1. The number of nitrogens with one attached hydrogen (secondary N) is 1. The van der Waals surface area contributed by atoms with Crippen LogP contribution in [0.4, 0.5) is 0 Å². The SMILES string of the molecule is CCOC(=O)C(=O)/C=C/c1c[nH]c2ccccc12. The van der Waals surface area contributed by atoms with Crippen molar-refractivity contribution in [3.05, 3.63) is 42.1 Å². The van der Waals surface area contributed by atoms with Gasteiger partial charge in [-0.2, -0.15) is 0 Å². The van der Waals surface area contributed by atoms with Gasteiger partial charge in [-0.15, -0.1) is 0 Å². The molecule has 1 heterocycles. The predicted octanol–water partition coefficient (Wildman–Crippen LogP) is 2.31. The van der Waals surface area contributed by atoms with E-state index < -0.39 is 11.8 Å². The van der Waals surface area contributed by atoms with Crippen molar-refractivity contribution in [3.8, 4) is 0 Å². The highest BCUT2D eigenvalue weighted by Crippen LogP contribution is 2.18. The Morgan fingerprint density at radius 2 is 2.11 bits per heavy atom. The Morgan fingerprint density at radius 1 is 1.33 bits per heavy atom. The van der Waals surface area contributed by atoms with Crippen LogP contribution < -0.4 is 0 Å². The molecule has 0 fully saturated rings. The van der Waals surface area contributed by atoms with Crippen LogP contribution in [0.5, 0.6) is 0 Å². The molecule has 0 aliphatic heterocycles. The zero-order valence-corrected chi connectivity index (χ0v) is 9.97. The third-order valence-corrected chi connectivity index (χ3v) is 2.51. The Kier molecular flexibility index (Phi) is 3.57. The highest BCUT2D eigenvalue weighted by atomic mass is 16.5. The molecule has 0 aliphatic carbocycles. The summed E-state index contributed by atoms with van der Waals surface area (Å²) >= 11 is 0. The van der Waals surface area contributed by atoms with Gasteiger partial charge in [0.1, 0.15) is 0 Å². The molecule has 2 aromatic rings. The number of esters is 1. The van der Waals surface area contributed by atoms with E-state index in [1.165, 1.54) is 6.08 Å². The van der Waals surface area contributed by atoms with E-state index in [1.807, 2.05) is 24.3 Å². The number of para-hydroxylation sites is 1. The highest BCUT2D eigenvalue weighted by molar-refractivity contribution is 6.39. The Labute approximate surface area is 104 Å². The number of carbonyl (C=O) groups is 2. The Hall–Kier alpha value is -2.36. The maximum atomic E-state index is 11.4. The molecule has 4 nitrogen and oxygen atoms in total. The zero-order valence-electron chi connectivity index (χ0n) is 9.97. The number of H-pyrrole nitrogens is 1. The number of hydrogen-bond acceptors (Lipinski definition) is 3. The number of rotatable bonds is 4. The van der Waals surface area contributed by atoms with Crippen LogP contribution in [-0.4, -0.2) is 23.3 Å². The molecule has 0 atom stereocenters. The van der Waals surface area contributed by atoms with E-state index in [2.05, 4.69) is 9.72 Å². The smallest absolute Gasteiger partial charge is 0.379 e. The lowest BCUT2D eigenvalue weighted by molar-refractivity contribution is -0.151. The summed E-state index contributed by atoms with van der Waals surface area (Å²) in [7, 11) is 0. The number of ether oxygens (including phenoxy) is 1. The van der Waals surface area contributed by atoms with Gasteiger partial charge in [0.05, 0.1) is 6.61 Å². The Balaban J connectivity index is 2.19. The third kappa shape index (κ3) is 2.48. The molecule has 0 saturated heterocycles. The van der Waals surface area contributed by atoms with E-state index in [0.717, 1.165) is 16.5 Å². The van der Waals surface area contributed by atoms with Crippen LogP contribution in [0.3, 0.4) is 0 Å². The van der Waals surface area contributed by atoms with Crippen LogP contribution in [0.25, 0.3) is 17.0 Å². The average Bonchev–Trinajstić information content (AvgIpc) is 2.79. The summed E-state index contributed by atoms with van der Waals surface area (Å²) in [5.41, 5.74) is 1.85. The molecule has 1 N–H and O–H groups in total. The summed E-state index contributed by atoms with van der Waals surface area (Å²) in [6.45, 7) is 1.86. The Bertz CT molecular complexity index is 610. The largest absolute Gasteiger partial charge is 0.460 e. The van der Waals surface area contributed by atoms with Gasteiger partial charge in [-0.05, 0) is 30.7 Å². The molecule has 0 unspecified atom stereocenters. The topological polar surface area (TPSA) is 59.2 Å². The van der Waals surface area contributed by atoms with Gasteiger partial charge in [0, 0.05) is 17.1 Å². The quantitative estimate of drug-likeness (QED) is 0.509. The minimum Gasteiger partial charge on any atom is -0.460 e. The molecular formula is C14H13NO3. The van der Waals surface area contributed by atoms with Gasteiger partial charge in [-0.25, -0.2) is 4.79 Å². The number of carbonyl (C=O) groups excluding carboxylic acids is 2. The lowest BCUT2D eigenvalue weighted by Gasteiger charge is -1.95. The molecule has 18 heavy (non-hydrogen) atoms. The number of fused-ring (bicyclic) bond motifs is 1. The fourth-order valence-corrected chi connectivity index (χ4v) is 1.67. The van der Waals surface area contributed by atoms with E-state index in [4.69, 9.17) is 0 Å². The monoisotopic (exact) mass is 243 g/mol. The summed E-state index contributed by atoms with van der Waals surface area (Å²) in [6.07, 6.45) is 4.63. The second-order valence-electron chi connectivity index (χ2n) is 3.71. The zero-order chi connectivity index (χ0) is 13.0. The molecule has 0 amide bonds. The minimum atomic E-state index is -0.825. The van der Waals surface area contributed by atoms with Gasteiger partial charge in [-0.1, -0.05) is 18.2 Å². The van der Waals surface area contributed by atoms with Gasteiger partial charge in [-0.3, -0.25) is 4.79 Å². The van der Waals surface area contributed by atoms with Gasteiger partial charge < -0.3 is 9.72 Å². The number of hydrogen-bond donors (Lipinski definition) is 1. The molecule has 1 aromatic carbocycles. The number of benzene rings is 1. The van der Waals surface area contributed by atoms with Crippen LogP contribution in [0.15, 0.2) is 36.5 Å². The van der Waals surface area contributed by atoms with Crippen LogP contribution in [0, 0.1) is 0 Å². The van der Waals surface area contributed by atoms with Crippen molar-refractivity contribution in [2.75, 3.05) is 6.61 Å². The second kappa shape index (κ2) is 5.31. The standard InChI is InChI=1S/C14H13NO3/c1-2-18-14(17)13(16)8-7-10-9-15-12-6-4-3-5-11(10)12/h3-9,15H,2H2,1H3/b8-7+. The van der Waals surface area contributed by atoms with Crippen molar-refractivity contribution < 1.29 is 14.3 Å². The molecule has 2 rings (SSSR count). The van der Waals surface area contributed by atoms with Crippen molar-refractivity contribution in [2.24, 2.45) is 0 Å². The van der Waals surface area contributed by atoms with Crippen molar-refractivity contribution in [1.82, 2.24) is 4.98 Å². The van der Waals surface area contributed by atoms with Gasteiger partial charge in [0.15, 0.2) is 0 Å². The first kappa shape index (κ1) is 12.1. The van der Waals surface area contributed by atoms with E-state index in [9.17, 15) is 9.59 Å². The van der Waals surface area contributed by atoms with Gasteiger partial charge >= 0.3 is 5.97 Å². The number of ketones is 1. The average molecular weight is 243 g/mol. The third-order valence-electron chi connectivity index (χ3n) is 2.51. The van der Waals surface area contributed by atoms with Crippen molar-refractivity contribution >= 4 is 28.7 Å². The molecule has 0 bridgehead atoms. The van der Waals surface area contributed by atoms with Crippen LogP contribution in [-0.2, 0) is 14.3 Å². The molecule has 0 saturated carbocycles. The fourth-order valence-electron chi connectivity index (χ4n) is 1.67. The Morgan fingerprint density at radius 3 is 2.89 bits per heavy atom. The molecular weight excluding hydrogens is 230 g/mol. The molecule has 0 spiro atoms. The lowest BCUT2D eigenvalue weighted by atomic mass is 10.1. The second-order valence-corrected chi connectivity index (χ2v) is 3.71. The van der Waals surface area contributed by atoms with Crippen molar-refractivity contribution in [1.29, 1.82) is 0 Å². The van der Waals surface area contributed by atoms with Crippen molar-refractivity contribution in [2.45, 2.75) is 6.92 Å². The summed E-state index contributed by atoms with van der Waals surface area (Å²) in [5, 5.41) is 1.01. The van der Waals surface area contributed by atoms with Crippen LogP contribution >= 0.6 is 0 Å². The highest BCUT2D eigenvalue weighted by Gasteiger charge is 2.10. The maximum absolute atomic E-state index is 11.4. The summed E-state index contributed by atoms with van der Waals surface area (Å²) < 4.78 is 4.61. The first-order valence-corrected chi connectivity index (χ1v) is 5.67. The molecule has 1 aromatic heterocycles. The summed E-state index contributed by atoms with van der Waals surface area (Å²) in [6, 6.07) is 7.73. The first-order valence-electron chi connectivity index (χ1n) is 5.67. The van der Waals surface area contributed by atoms with Crippen molar-refractivity contribution in [3.63, 3.8) is 0 Å². The molecule has 4 heteroatoms. The molecule has 0 aliphatic rings. The van der Waals surface area contributed by atoms with E-state index in [1.54, 1.807) is 19.2 Å². The fraction of sp³-hybridized carbons (Fsp3) is 0.143.